The molecule has 1 saturated heterocycles. The average Bonchev–Trinajstić information content (AvgIpc) is 2.55. The van der Waals surface area contributed by atoms with Crippen LogP contribution in [-0.4, -0.2) is 43.1 Å². The van der Waals surface area contributed by atoms with Gasteiger partial charge in [-0.1, -0.05) is 13.8 Å². The van der Waals surface area contributed by atoms with Gasteiger partial charge in [-0.05, 0) is 12.3 Å². The van der Waals surface area contributed by atoms with E-state index in [1.807, 2.05) is 0 Å². The summed E-state index contributed by atoms with van der Waals surface area (Å²) in [5.41, 5.74) is 0. The minimum atomic E-state index is -0.505. The lowest BCUT2D eigenvalue weighted by Crippen LogP contribution is -2.35. The largest absolute Gasteiger partial charge is 0.467 e. The van der Waals surface area contributed by atoms with Crippen LogP contribution in [0.15, 0.2) is 0 Å². The van der Waals surface area contributed by atoms with Crippen LogP contribution in [0.3, 0.4) is 0 Å². The Morgan fingerprint density at radius 3 is 2.87 bits per heavy atom. The number of methoxy groups -OCH3 is 1. The smallest absolute Gasteiger partial charge is 0.330 e. The van der Waals surface area contributed by atoms with Crippen molar-refractivity contribution in [2.24, 2.45) is 5.92 Å². The molecule has 15 heavy (non-hydrogen) atoms. The van der Waals surface area contributed by atoms with Gasteiger partial charge < -0.3 is 15.0 Å². The minimum Gasteiger partial charge on any atom is -0.467 e. The van der Waals surface area contributed by atoms with Gasteiger partial charge in [0.15, 0.2) is 0 Å². The molecule has 1 aliphatic heterocycles. The normalized spacial score (nSPS) is 20.7. The molecule has 1 rings (SSSR count). The standard InChI is InChI=1S/C10H18N2O3/c1-7(2)4-5-12-6-8(9(13)15-3)11-10(12)14/h7-8H,4-6H2,1-3H3,(H,11,14)/t8-/m0/s1. The van der Waals surface area contributed by atoms with Crippen LogP contribution in [-0.2, 0) is 9.53 Å². The van der Waals surface area contributed by atoms with Gasteiger partial charge in [-0.25, -0.2) is 9.59 Å². The van der Waals surface area contributed by atoms with Crippen LogP contribution in [0.25, 0.3) is 0 Å². The van der Waals surface area contributed by atoms with Crippen LogP contribution in [0.5, 0.6) is 0 Å². The number of urea groups is 1. The van der Waals surface area contributed by atoms with Crippen molar-refractivity contribution in [1.82, 2.24) is 10.2 Å². The molecule has 2 amide bonds. The fourth-order valence-electron chi connectivity index (χ4n) is 1.47. The Morgan fingerprint density at radius 2 is 2.33 bits per heavy atom. The zero-order valence-electron chi connectivity index (χ0n) is 9.45. The minimum absolute atomic E-state index is 0.175. The molecule has 0 spiro atoms. The van der Waals surface area contributed by atoms with E-state index in [1.165, 1.54) is 7.11 Å². The highest BCUT2D eigenvalue weighted by atomic mass is 16.5. The molecule has 1 aliphatic rings. The monoisotopic (exact) mass is 214 g/mol. The molecule has 0 bridgehead atoms. The molecule has 0 aromatic carbocycles. The summed E-state index contributed by atoms with van der Waals surface area (Å²) in [6.07, 6.45) is 0.946. The maximum Gasteiger partial charge on any atom is 0.330 e. The Bertz CT molecular complexity index is 253. The summed E-state index contributed by atoms with van der Waals surface area (Å²) in [4.78, 5) is 24.3. The lowest BCUT2D eigenvalue weighted by Gasteiger charge is -2.15. The molecule has 0 aromatic heterocycles. The first kappa shape index (κ1) is 11.8. The number of carbonyl (C=O) groups excluding carboxylic acids is 2. The second kappa shape index (κ2) is 5.00. The van der Waals surface area contributed by atoms with Crippen LogP contribution in [0.2, 0.25) is 0 Å². The van der Waals surface area contributed by atoms with Crippen molar-refractivity contribution < 1.29 is 14.3 Å². The predicted molar refractivity (Wildman–Crippen MR) is 55.4 cm³/mol. The number of amides is 2. The van der Waals surface area contributed by atoms with Crippen molar-refractivity contribution in [3.63, 3.8) is 0 Å². The summed E-state index contributed by atoms with van der Waals surface area (Å²) in [6, 6.07) is -0.680. The zero-order chi connectivity index (χ0) is 11.4. The van der Waals surface area contributed by atoms with E-state index in [0.29, 0.717) is 19.0 Å². The molecule has 1 fully saturated rings. The Balaban J connectivity index is 2.42. The highest BCUT2D eigenvalue weighted by Crippen LogP contribution is 2.09. The third kappa shape index (κ3) is 3.11. The molecule has 1 atom stereocenters. The maximum absolute atomic E-state index is 11.4. The quantitative estimate of drug-likeness (QED) is 0.697. The Labute approximate surface area is 89.8 Å². The van der Waals surface area contributed by atoms with Gasteiger partial charge in [0.25, 0.3) is 0 Å². The number of hydrogen-bond acceptors (Lipinski definition) is 3. The molecular weight excluding hydrogens is 196 g/mol. The van der Waals surface area contributed by atoms with Crippen molar-refractivity contribution in [1.29, 1.82) is 0 Å². The van der Waals surface area contributed by atoms with Crippen molar-refractivity contribution in [2.75, 3.05) is 20.2 Å². The summed E-state index contributed by atoms with van der Waals surface area (Å²) < 4.78 is 4.58. The fourth-order valence-corrected chi connectivity index (χ4v) is 1.47. The Morgan fingerprint density at radius 1 is 1.67 bits per heavy atom. The molecular formula is C10H18N2O3. The zero-order valence-corrected chi connectivity index (χ0v) is 9.45. The van der Waals surface area contributed by atoms with E-state index in [1.54, 1.807) is 4.90 Å². The molecule has 0 unspecified atom stereocenters. The molecule has 0 radical (unpaired) electrons. The Kier molecular flexibility index (Phi) is 3.94. The number of rotatable bonds is 4. The topological polar surface area (TPSA) is 58.6 Å². The van der Waals surface area contributed by atoms with E-state index in [-0.39, 0.29) is 12.0 Å². The maximum atomic E-state index is 11.4. The van der Waals surface area contributed by atoms with Crippen LogP contribution < -0.4 is 5.32 Å². The van der Waals surface area contributed by atoms with Gasteiger partial charge >= 0.3 is 12.0 Å². The summed E-state index contributed by atoms with van der Waals surface area (Å²) >= 11 is 0. The van der Waals surface area contributed by atoms with E-state index >= 15 is 0 Å². The number of esters is 1. The lowest BCUT2D eigenvalue weighted by molar-refractivity contribution is -0.142. The van der Waals surface area contributed by atoms with Gasteiger partial charge in [0.1, 0.15) is 6.04 Å². The molecule has 86 valence electrons. The molecule has 1 N–H and O–H groups in total. The first-order valence-corrected chi connectivity index (χ1v) is 5.18. The van der Waals surface area contributed by atoms with Gasteiger partial charge in [0.05, 0.1) is 13.7 Å². The number of nitrogens with zero attached hydrogens (tertiary/aromatic N) is 1. The first-order chi connectivity index (χ1) is 7.04. The van der Waals surface area contributed by atoms with Gasteiger partial charge in [0, 0.05) is 6.54 Å². The summed E-state index contributed by atoms with van der Waals surface area (Å²) in [6.45, 7) is 5.31. The van der Waals surface area contributed by atoms with E-state index < -0.39 is 6.04 Å². The number of carbonyl (C=O) groups is 2. The second-order valence-electron chi connectivity index (χ2n) is 4.15. The molecule has 5 heteroatoms. The van der Waals surface area contributed by atoms with Gasteiger partial charge in [-0.15, -0.1) is 0 Å². The third-order valence-corrected chi connectivity index (χ3v) is 2.45. The van der Waals surface area contributed by atoms with E-state index in [0.717, 1.165) is 6.42 Å². The molecule has 0 aliphatic carbocycles. The van der Waals surface area contributed by atoms with Crippen LogP contribution in [0.1, 0.15) is 20.3 Å². The summed E-state index contributed by atoms with van der Waals surface area (Å²) in [5, 5.41) is 2.59. The van der Waals surface area contributed by atoms with Gasteiger partial charge in [0.2, 0.25) is 0 Å². The lowest BCUT2D eigenvalue weighted by atomic mass is 10.1. The van der Waals surface area contributed by atoms with Gasteiger partial charge in [-0.3, -0.25) is 0 Å². The highest BCUT2D eigenvalue weighted by Gasteiger charge is 2.33. The molecule has 1 heterocycles. The first-order valence-electron chi connectivity index (χ1n) is 5.18. The molecule has 5 nitrogen and oxygen atoms in total. The van der Waals surface area contributed by atoms with Gasteiger partial charge in [-0.2, -0.15) is 0 Å². The fraction of sp³-hybridized carbons (Fsp3) is 0.800. The van der Waals surface area contributed by atoms with Crippen molar-refractivity contribution >= 4 is 12.0 Å². The molecule has 0 aromatic rings. The van der Waals surface area contributed by atoms with Crippen LogP contribution in [0, 0.1) is 5.92 Å². The third-order valence-electron chi connectivity index (χ3n) is 2.45. The second-order valence-corrected chi connectivity index (χ2v) is 4.15. The molecule has 0 saturated carbocycles. The summed E-state index contributed by atoms with van der Waals surface area (Å²) in [7, 11) is 1.32. The van der Waals surface area contributed by atoms with Crippen LogP contribution in [0.4, 0.5) is 4.79 Å². The number of nitrogens with one attached hydrogen (secondary N) is 1. The number of ether oxygens (including phenoxy) is 1. The average molecular weight is 214 g/mol. The van der Waals surface area contributed by atoms with E-state index in [9.17, 15) is 9.59 Å². The predicted octanol–water partition coefficient (Wildman–Crippen LogP) is 0.599. The number of hydrogen-bond donors (Lipinski definition) is 1. The van der Waals surface area contributed by atoms with Crippen LogP contribution >= 0.6 is 0 Å². The highest BCUT2D eigenvalue weighted by molar-refractivity contribution is 5.87. The van der Waals surface area contributed by atoms with Crippen molar-refractivity contribution in [3.05, 3.63) is 0 Å². The Hall–Kier alpha value is -1.26. The van der Waals surface area contributed by atoms with Crippen molar-refractivity contribution in [3.8, 4) is 0 Å². The van der Waals surface area contributed by atoms with E-state index in [4.69, 9.17) is 0 Å². The van der Waals surface area contributed by atoms with Crippen molar-refractivity contribution in [2.45, 2.75) is 26.3 Å². The summed E-state index contributed by atoms with van der Waals surface area (Å²) in [5.74, 6) is 0.172. The SMILES string of the molecule is COC(=O)[C@@H]1CN(CCC(C)C)C(=O)N1. The van der Waals surface area contributed by atoms with E-state index in [2.05, 4.69) is 23.9 Å².